The largest absolute Gasteiger partial charge is 0.416 e. The molecular weight excluding hydrogens is 465 g/mol. The molecule has 36 heavy (non-hydrogen) atoms. The molecule has 6 nitrogen and oxygen atoms in total. The van der Waals surface area contributed by atoms with Gasteiger partial charge < -0.3 is 5.73 Å². The third-order valence-electron chi connectivity index (χ3n) is 6.03. The molecule has 3 heterocycles. The molecule has 0 unspecified atom stereocenters. The minimum atomic E-state index is -4.53. The molecule has 0 amide bonds. The average Bonchev–Trinajstić information content (AvgIpc) is 2.88. The van der Waals surface area contributed by atoms with Crippen molar-refractivity contribution >= 4 is 33.8 Å². The highest BCUT2D eigenvalue weighted by Gasteiger charge is 2.32. The molecule has 2 aromatic carbocycles. The first-order chi connectivity index (χ1) is 17.3. The van der Waals surface area contributed by atoms with Crippen LogP contribution in [0.15, 0.2) is 79.5 Å². The van der Waals surface area contributed by atoms with Gasteiger partial charge in [0, 0.05) is 40.6 Å². The summed E-state index contributed by atoms with van der Waals surface area (Å²) in [5, 5.41) is 1.42. The van der Waals surface area contributed by atoms with E-state index in [9.17, 15) is 13.2 Å². The Morgan fingerprint density at radius 2 is 1.56 bits per heavy atom. The Balaban J connectivity index is 1.87. The summed E-state index contributed by atoms with van der Waals surface area (Å²) in [6.45, 7) is 3.65. The molecule has 0 saturated heterocycles. The van der Waals surface area contributed by atoms with Gasteiger partial charge in [-0.2, -0.15) is 13.2 Å². The number of nitrogens with zero attached hydrogens (tertiary/aromatic N) is 5. The third kappa shape index (κ3) is 4.08. The predicted octanol–water partition coefficient (Wildman–Crippen LogP) is 6.77. The minimum absolute atomic E-state index is 0.290. The number of rotatable bonds is 4. The number of nitrogens with two attached hydrogens (primary N) is 1. The molecule has 0 spiro atoms. The number of anilines is 4. The van der Waals surface area contributed by atoms with E-state index in [0.717, 1.165) is 23.1 Å². The highest BCUT2D eigenvalue weighted by molar-refractivity contribution is 6.03. The average molecular weight is 487 g/mol. The van der Waals surface area contributed by atoms with Crippen LogP contribution in [-0.4, -0.2) is 19.9 Å². The standard InChI is InChI=1S/C27H21F3N6/c1-16-5-7-18(27(28,29)30)14-23(16)36(25-20-8-6-17(2)24(31)19(20)9-13-34-25)26-21(4-3-11-33-26)22-10-12-32-15-35-22/h3-15H,31H2,1-2H3. The van der Waals surface area contributed by atoms with Crippen molar-refractivity contribution in [3.8, 4) is 11.3 Å². The highest BCUT2D eigenvalue weighted by Crippen LogP contribution is 2.44. The van der Waals surface area contributed by atoms with Gasteiger partial charge in [0.1, 0.15) is 18.0 Å². The second-order valence-electron chi connectivity index (χ2n) is 8.33. The van der Waals surface area contributed by atoms with Gasteiger partial charge in [0.25, 0.3) is 0 Å². The van der Waals surface area contributed by atoms with Crippen molar-refractivity contribution in [3.05, 3.63) is 96.2 Å². The molecule has 180 valence electrons. The van der Waals surface area contributed by atoms with Crippen LogP contribution in [0.4, 0.5) is 36.2 Å². The number of aromatic nitrogens is 4. The Kier molecular flexibility index (Phi) is 5.75. The molecule has 2 N–H and O–H groups in total. The predicted molar refractivity (Wildman–Crippen MR) is 134 cm³/mol. The second-order valence-corrected chi connectivity index (χ2v) is 8.33. The molecule has 0 atom stereocenters. The van der Waals surface area contributed by atoms with E-state index < -0.39 is 11.7 Å². The summed E-state index contributed by atoms with van der Waals surface area (Å²) >= 11 is 0. The Labute approximate surface area is 205 Å². The van der Waals surface area contributed by atoms with E-state index in [1.807, 2.05) is 25.1 Å². The van der Waals surface area contributed by atoms with E-state index in [4.69, 9.17) is 5.73 Å². The number of fused-ring (bicyclic) bond motifs is 1. The van der Waals surface area contributed by atoms with Crippen molar-refractivity contribution in [1.29, 1.82) is 0 Å². The number of hydrogen-bond acceptors (Lipinski definition) is 6. The fraction of sp³-hybridized carbons (Fsp3) is 0.111. The second kappa shape index (κ2) is 8.92. The number of pyridine rings is 2. The quantitative estimate of drug-likeness (QED) is 0.282. The van der Waals surface area contributed by atoms with Gasteiger partial charge in [-0.1, -0.05) is 18.2 Å². The van der Waals surface area contributed by atoms with Gasteiger partial charge >= 0.3 is 6.18 Å². The SMILES string of the molecule is Cc1ccc(C(F)(F)F)cc1N(c1ncccc1-c1ccncn1)c1nccc2c(N)c(C)ccc12. The number of hydrogen-bond donors (Lipinski definition) is 1. The van der Waals surface area contributed by atoms with Crippen LogP contribution in [-0.2, 0) is 6.18 Å². The molecule has 5 rings (SSSR count). The van der Waals surface area contributed by atoms with E-state index in [1.54, 1.807) is 48.6 Å². The van der Waals surface area contributed by atoms with Crippen LogP contribution in [0.3, 0.4) is 0 Å². The lowest BCUT2D eigenvalue weighted by atomic mass is 10.0. The summed E-state index contributed by atoms with van der Waals surface area (Å²) in [7, 11) is 0. The molecule has 0 aliphatic heterocycles. The smallest absolute Gasteiger partial charge is 0.398 e. The van der Waals surface area contributed by atoms with Crippen LogP contribution in [0.25, 0.3) is 22.0 Å². The summed E-state index contributed by atoms with van der Waals surface area (Å²) < 4.78 is 41.3. The summed E-state index contributed by atoms with van der Waals surface area (Å²) in [5.74, 6) is 0.772. The lowest BCUT2D eigenvalue weighted by Crippen LogP contribution is -2.17. The van der Waals surface area contributed by atoms with Gasteiger partial charge in [0.2, 0.25) is 0 Å². The van der Waals surface area contributed by atoms with Crippen LogP contribution in [0.5, 0.6) is 0 Å². The topological polar surface area (TPSA) is 80.8 Å². The first-order valence-corrected chi connectivity index (χ1v) is 11.1. The normalized spacial score (nSPS) is 11.6. The molecule has 0 fully saturated rings. The van der Waals surface area contributed by atoms with E-state index in [1.165, 1.54) is 12.4 Å². The summed E-state index contributed by atoms with van der Waals surface area (Å²) in [6.07, 6.45) is 1.65. The van der Waals surface area contributed by atoms with Crippen LogP contribution in [0, 0.1) is 13.8 Å². The molecular formula is C27H21F3N6. The zero-order valence-electron chi connectivity index (χ0n) is 19.5. The number of benzene rings is 2. The monoisotopic (exact) mass is 486 g/mol. The first kappa shape index (κ1) is 23.2. The Bertz CT molecular complexity index is 1570. The third-order valence-corrected chi connectivity index (χ3v) is 6.03. The van der Waals surface area contributed by atoms with Crippen LogP contribution < -0.4 is 10.6 Å². The fourth-order valence-corrected chi connectivity index (χ4v) is 4.13. The van der Waals surface area contributed by atoms with Crippen LogP contribution >= 0.6 is 0 Å². The molecule has 3 aromatic heterocycles. The van der Waals surface area contributed by atoms with Gasteiger partial charge in [0.15, 0.2) is 0 Å². The van der Waals surface area contributed by atoms with Gasteiger partial charge in [-0.05, 0) is 61.4 Å². The summed E-state index contributed by atoms with van der Waals surface area (Å²) in [5.41, 5.74) is 9.14. The summed E-state index contributed by atoms with van der Waals surface area (Å²) in [4.78, 5) is 19.2. The zero-order valence-corrected chi connectivity index (χ0v) is 19.5. The van der Waals surface area contributed by atoms with Gasteiger partial charge in [0.05, 0.1) is 16.9 Å². The first-order valence-electron chi connectivity index (χ1n) is 11.1. The van der Waals surface area contributed by atoms with E-state index in [2.05, 4.69) is 19.9 Å². The molecule has 0 bridgehead atoms. The molecule has 0 saturated carbocycles. The zero-order chi connectivity index (χ0) is 25.4. The maximum absolute atomic E-state index is 13.8. The minimum Gasteiger partial charge on any atom is -0.398 e. The van der Waals surface area contributed by atoms with Crippen molar-refractivity contribution in [2.24, 2.45) is 0 Å². The van der Waals surface area contributed by atoms with E-state index >= 15 is 0 Å². The lowest BCUT2D eigenvalue weighted by molar-refractivity contribution is -0.137. The number of halogens is 3. The molecule has 9 heteroatoms. The summed E-state index contributed by atoms with van der Waals surface area (Å²) in [6, 6.07) is 14.4. The molecule has 5 aromatic rings. The maximum atomic E-state index is 13.8. The van der Waals surface area contributed by atoms with Crippen molar-refractivity contribution in [1.82, 2.24) is 19.9 Å². The van der Waals surface area contributed by atoms with Crippen molar-refractivity contribution in [3.63, 3.8) is 0 Å². The molecule has 0 aliphatic rings. The van der Waals surface area contributed by atoms with Crippen LogP contribution in [0.1, 0.15) is 16.7 Å². The fourth-order valence-electron chi connectivity index (χ4n) is 4.13. The van der Waals surface area contributed by atoms with Crippen LogP contribution in [0.2, 0.25) is 0 Å². The highest BCUT2D eigenvalue weighted by atomic mass is 19.4. The maximum Gasteiger partial charge on any atom is 0.416 e. The van der Waals surface area contributed by atoms with E-state index in [-0.39, 0.29) is 5.69 Å². The lowest BCUT2D eigenvalue weighted by Gasteiger charge is -2.28. The van der Waals surface area contributed by atoms with Crippen molar-refractivity contribution in [2.45, 2.75) is 20.0 Å². The van der Waals surface area contributed by atoms with Crippen molar-refractivity contribution < 1.29 is 13.2 Å². The van der Waals surface area contributed by atoms with Gasteiger partial charge in [-0.25, -0.2) is 19.9 Å². The van der Waals surface area contributed by atoms with Crippen molar-refractivity contribution in [2.75, 3.05) is 10.6 Å². The Hall–Kier alpha value is -4.53. The molecule has 0 aliphatic carbocycles. The van der Waals surface area contributed by atoms with Gasteiger partial charge in [-0.3, -0.25) is 4.90 Å². The molecule has 0 radical (unpaired) electrons. The number of nitrogen functional groups attached to an aromatic ring is 1. The Morgan fingerprint density at radius 3 is 2.31 bits per heavy atom. The van der Waals surface area contributed by atoms with E-state index in [0.29, 0.717) is 39.5 Å². The number of aryl methyl sites for hydroxylation is 2. The van der Waals surface area contributed by atoms with Gasteiger partial charge in [-0.15, -0.1) is 0 Å². The Morgan fingerprint density at radius 1 is 0.778 bits per heavy atom. The number of alkyl halides is 3.